The summed E-state index contributed by atoms with van der Waals surface area (Å²) in [7, 11) is -0.555. The molecule has 0 bridgehead atoms. The van der Waals surface area contributed by atoms with Gasteiger partial charge in [-0.2, -0.15) is 8.42 Å². The molecule has 1 amide bonds. The molecule has 0 aliphatic heterocycles. The Labute approximate surface area is 155 Å². The fraction of sp³-hybridized carbons (Fsp3) is 0.250. The number of nitro benzene ring substituents is 1. The first-order chi connectivity index (χ1) is 12.6. The van der Waals surface area contributed by atoms with Crippen LogP contribution in [0.3, 0.4) is 0 Å². The van der Waals surface area contributed by atoms with E-state index >= 15 is 0 Å². The van der Waals surface area contributed by atoms with Crippen LogP contribution < -0.4 is 4.74 Å². The minimum atomic E-state index is -3.75. The maximum Gasteiger partial charge on any atom is 0.271 e. The summed E-state index contributed by atoms with van der Waals surface area (Å²) in [5.74, 6) is 0.150. The van der Waals surface area contributed by atoms with E-state index < -0.39 is 21.6 Å². The third-order valence-corrected chi connectivity index (χ3v) is 3.82. The van der Waals surface area contributed by atoms with E-state index in [-0.39, 0.29) is 34.4 Å². The van der Waals surface area contributed by atoms with Crippen LogP contribution in [0, 0.1) is 10.1 Å². The predicted octanol–water partition coefficient (Wildman–Crippen LogP) is 1.96. The van der Waals surface area contributed by atoms with Crippen LogP contribution in [-0.4, -0.2) is 49.5 Å². The molecule has 0 aliphatic carbocycles. The summed E-state index contributed by atoms with van der Waals surface area (Å²) in [6.07, 6.45) is 2.19. The number of ether oxygens (including phenoxy) is 1. The number of hydrogen-bond acceptors (Lipinski definition) is 8. The Hall–Kier alpha value is -3.05. The number of non-ortho nitro benzene ring substituents is 1. The van der Waals surface area contributed by atoms with E-state index in [0.29, 0.717) is 0 Å². The third-order valence-electron chi connectivity index (χ3n) is 3.27. The second-order valence-electron chi connectivity index (χ2n) is 5.70. The number of carbonyl (C=O) groups excluding carboxylic acids is 1. The highest BCUT2D eigenvalue weighted by molar-refractivity contribution is 7.85. The maximum absolute atomic E-state index is 11.8. The quantitative estimate of drug-likeness (QED) is 0.395. The van der Waals surface area contributed by atoms with Crippen LogP contribution in [0.2, 0.25) is 0 Å². The van der Waals surface area contributed by atoms with E-state index in [0.717, 1.165) is 12.3 Å². The van der Waals surface area contributed by atoms with Crippen molar-refractivity contribution in [3.05, 3.63) is 57.9 Å². The zero-order valence-electron chi connectivity index (χ0n) is 14.8. The van der Waals surface area contributed by atoms with E-state index in [1.807, 2.05) is 0 Å². The number of aromatic nitrogens is 1. The van der Waals surface area contributed by atoms with Crippen molar-refractivity contribution in [2.75, 3.05) is 20.4 Å². The SMILES string of the molecule is CN(C)C(=O)c1ccc(Oc2ccc([N+](=O)[O-])cc2COS(C)(=O)=O)cn1. The lowest BCUT2D eigenvalue weighted by molar-refractivity contribution is -0.385. The number of nitrogens with zero attached hydrogens (tertiary/aromatic N) is 3. The second kappa shape index (κ2) is 8.10. The van der Waals surface area contributed by atoms with Gasteiger partial charge in [0.2, 0.25) is 0 Å². The van der Waals surface area contributed by atoms with Gasteiger partial charge in [0.1, 0.15) is 17.2 Å². The van der Waals surface area contributed by atoms with E-state index in [2.05, 4.69) is 4.98 Å². The standard InChI is InChI=1S/C16H17N3O7S/c1-18(2)16(20)14-6-5-13(9-17-14)26-15-7-4-12(19(21)22)8-11(15)10-25-27(3,23)24/h4-9H,10H2,1-3H3. The van der Waals surface area contributed by atoms with Crippen molar-refractivity contribution in [3.63, 3.8) is 0 Å². The highest BCUT2D eigenvalue weighted by atomic mass is 32.2. The topological polar surface area (TPSA) is 129 Å². The molecule has 0 radical (unpaired) electrons. The molecule has 2 rings (SSSR count). The van der Waals surface area contributed by atoms with Gasteiger partial charge in [0, 0.05) is 31.8 Å². The molecule has 1 aromatic carbocycles. The fourth-order valence-corrected chi connectivity index (χ4v) is 2.33. The molecule has 0 N–H and O–H groups in total. The lowest BCUT2D eigenvalue weighted by atomic mass is 10.2. The van der Waals surface area contributed by atoms with E-state index in [1.54, 1.807) is 14.1 Å². The van der Waals surface area contributed by atoms with Gasteiger partial charge in [0.15, 0.2) is 0 Å². The Kier molecular flexibility index (Phi) is 6.08. The Morgan fingerprint density at radius 2 is 1.96 bits per heavy atom. The van der Waals surface area contributed by atoms with Gasteiger partial charge in [0.25, 0.3) is 21.7 Å². The van der Waals surface area contributed by atoms with Crippen LogP contribution in [0.15, 0.2) is 36.5 Å². The van der Waals surface area contributed by atoms with Crippen molar-refractivity contribution < 1.29 is 27.1 Å². The molecule has 1 heterocycles. The van der Waals surface area contributed by atoms with Crippen LogP contribution in [0.5, 0.6) is 11.5 Å². The van der Waals surface area contributed by atoms with Gasteiger partial charge in [-0.05, 0) is 18.2 Å². The fourth-order valence-electron chi connectivity index (χ4n) is 1.99. The first-order valence-corrected chi connectivity index (χ1v) is 9.36. The molecule has 10 nitrogen and oxygen atoms in total. The third kappa shape index (κ3) is 5.72. The highest BCUT2D eigenvalue weighted by Gasteiger charge is 2.15. The smallest absolute Gasteiger partial charge is 0.271 e. The van der Waals surface area contributed by atoms with Crippen LogP contribution in [0.25, 0.3) is 0 Å². The Morgan fingerprint density at radius 3 is 2.48 bits per heavy atom. The Bertz CT molecular complexity index is 956. The number of carbonyl (C=O) groups is 1. The molecule has 0 aliphatic rings. The number of rotatable bonds is 7. The van der Waals surface area contributed by atoms with Crippen molar-refractivity contribution in [1.29, 1.82) is 0 Å². The monoisotopic (exact) mass is 395 g/mol. The van der Waals surface area contributed by atoms with Gasteiger partial charge < -0.3 is 9.64 Å². The maximum atomic E-state index is 11.8. The normalized spacial score (nSPS) is 11.1. The molecule has 27 heavy (non-hydrogen) atoms. The van der Waals surface area contributed by atoms with Crippen LogP contribution in [0.1, 0.15) is 16.1 Å². The summed E-state index contributed by atoms with van der Waals surface area (Å²) < 4.78 is 32.7. The molecular formula is C16H17N3O7S. The first-order valence-electron chi connectivity index (χ1n) is 7.54. The molecule has 144 valence electrons. The molecule has 2 aromatic rings. The Balaban J connectivity index is 2.28. The van der Waals surface area contributed by atoms with Crippen LogP contribution >= 0.6 is 0 Å². The highest BCUT2D eigenvalue weighted by Crippen LogP contribution is 2.29. The number of pyridine rings is 1. The zero-order chi connectivity index (χ0) is 20.2. The van der Waals surface area contributed by atoms with Crippen molar-refractivity contribution in [2.24, 2.45) is 0 Å². The van der Waals surface area contributed by atoms with Crippen LogP contribution in [0.4, 0.5) is 5.69 Å². The number of hydrogen-bond donors (Lipinski definition) is 0. The number of benzene rings is 1. The largest absolute Gasteiger partial charge is 0.455 e. The minimum Gasteiger partial charge on any atom is -0.455 e. The Morgan fingerprint density at radius 1 is 1.26 bits per heavy atom. The van der Waals surface area contributed by atoms with E-state index in [4.69, 9.17) is 8.92 Å². The van der Waals surface area contributed by atoms with Crippen molar-refractivity contribution in [1.82, 2.24) is 9.88 Å². The average Bonchev–Trinajstić information content (AvgIpc) is 2.60. The summed E-state index contributed by atoms with van der Waals surface area (Å²) in [5.41, 5.74) is 0.152. The molecule has 0 saturated heterocycles. The number of amides is 1. The molecular weight excluding hydrogens is 378 g/mol. The summed E-state index contributed by atoms with van der Waals surface area (Å²) in [6.45, 7) is -0.430. The van der Waals surface area contributed by atoms with Crippen molar-refractivity contribution in [3.8, 4) is 11.5 Å². The lowest BCUT2D eigenvalue weighted by Crippen LogP contribution is -2.22. The summed E-state index contributed by atoms with van der Waals surface area (Å²) in [4.78, 5) is 27.5. The number of nitro groups is 1. The molecule has 0 spiro atoms. The van der Waals surface area contributed by atoms with Gasteiger partial charge in [0.05, 0.1) is 24.0 Å². The van der Waals surface area contributed by atoms with Crippen molar-refractivity contribution in [2.45, 2.75) is 6.61 Å². The first kappa shape index (κ1) is 20.3. The average molecular weight is 395 g/mol. The van der Waals surface area contributed by atoms with Gasteiger partial charge in [-0.3, -0.25) is 19.1 Å². The molecule has 1 aromatic heterocycles. The van der Waals surface area contributed by atoms with Gasteiger partial charge >= 0.3 is 0 Å². The second-order valence-corrected chi connectivity index (χ2v) is 7.34. The van der Waals surface area contributed by atoms with E-state index in [9.17, 15) is 23.3 Å². The van der Waals surface area contributed by atoms with Gasteiger partial charge in [-0.15, -0.1) is 0 Å². The van der Waals surface area contributed by atoms with Crippen LogP contribution in [-0.2, 0) is 20.9 Å². The molecule has 0 fully saturated rings. The summed E-state index contributed by atoms with van der Waals surface area (Å²) in [6, 6.07) is 6.69. The molecule has 0 unspecified atom stereocenters. The zero-order valence-corrected chi connectivity index (χ0v) is 15.6. The predicted molar refractivity (Wildman–Crippen MR) is 95.1 cm³/mol. The summed E-state index contributed by atoms with van der Waals surface area (Å²) >= 11 is 0. The van der Waals surface area contributed by atoms with Gasteiger partial charge in [-0.1, -0.05) is 0 Å². The minimum absolute atomic E-state index is 0.165. The lowest BCUT2D eigenvalue weighted by Gasteiger charge is -2.12. The van der Waals surface area contributed by atoms with Crippen molar-refractivity contribution >= 4 is 21.7 Å². The van der Waals surface area contributed by atoms with E-state index in [1.165, 1.54) is 35.4 Å². The molecule has 0 atom stereocenters. The molecule has 11 heteroatoms. The van der Waals surface area contributed by atoms with Gasteiger partial charge in [-0.25, -0.2) is 4.98 Å². The summed E-state index contributed by atoms with van der Waals surface area (Å²) in [5, 5.41) is 10.9. The molecule has 0 saturated carbocycles.